The maximum atomic E-state index is 12.5. The molecule has 0 saturated heterocycles. The number of rotatable bonds is 4. The minimum Gasteiger partial charge on any atom is -0.478 e. The first kappa shape index (κ1) is 16.5. The molecule has 0 radical (unpaired) electrons. The number of hydrogen-bond acceptors (Lipinski definition) is 5. The zero-order valence-electron chi connectivity index (χ0n) is 12.4. The van der Waals surface area contributed by atoms with E-state index in [1.807, 2.05) is 0 Å². The van der Waals surface area contributed by atoms with Crippen LogP contribution in [0.3, 0.4) is 0 Å². The number of carboxylic acid groups (broad SMARTS) is 1. The van der Waals surface area contributed by atoms with Gasteiger partial charge in [-0.25, -0.2) is 4.79 Å². The second-order valence-corrected chi connectivity index (χ2v) is 5.45. The van der Waals surface area contributed by atoms with Crippen molar-refractivity contribution in [3.05, 3.63) is 68.9 Å². The lowest BCUT2D eigenvalue weighted by Gasteiger charge is -2.07. The first-order valence-corrected chi connectivity index (χ1v) is 7.24. The molecule has 0 spiro atoms. The lowest BCUT2D eigenvalue weighted by molar-refractivity contribution is -0.384. The van der Waals surface area contributed by atoms with Crippen molar-refractivity contribution < 1.29 is 24.0 Å². The maximum absolute atomic E-state index is 12.5. The van der Waals surface area contributed by atoms with Gasteiger partial charge in [-0.15, -0.1) is 0 Å². The Labute approximate surface area is 144 Å². The van der Waals surface area contributed by atoms with Gasteiger partial charge in [-0.05, 0) is 24.3 Å². The molecule has 0 aliphatic heterocycles. The van der Waals surface area contributed by atoms with Gasteiger partial charge in [-0.2, -0.15) is 0 Å². The molecule has 0 unspecified atom stereocenters. The normalized spacial score (nSPS) is 10.6. The summed E-state index contributed by atoms with van der Waals surface area (Å²) in [7, 11) is 0. The summed E-state index contributed by atoms with van der Waals surface area (Å²) in [6.45, 7) is 0. The van der Waals surface area contributed by atoms with Crippen LogP contribution in [0.1, 0.15) is 20.7 Å². The van der Waals surface area contributed by atoms with Gasteiger partial charge in [0.15, 0.2) is 0 Å². The Morgan fingerprint density at radius 1 is 1.20 bits per heavy atom. The molecular formula is C16H9ClN2O6. The van der Waals surface area contributed by atoms with Gasteiger partial charge in [-0.3, -0.25) is 14.9 Å². The third kappa shape index (κ3) is 3.15. The largest absolute Gasteiger partial charge is 0.478 e. The van der Waals surface area contributed by atoms with Crippen molar-refractivity contribution in [1.29, 1.82) is 0 Å². The molecule has 1 aromatic heterocycles. The van der Waals surface area contributed by atoms with Gasteiger partial charge in [-0.1, -0.05) is 11.6 Å². The Morgan fingerprint density at radius 2 is 1.96 bits per heavy atom. The quantitative estimate of drug-likeness (QED) is 0.536. The summed E-state index contributed by atoms with van der Waals surface area (Å²) in [5, 5.41) is 22.8. The van der Waals surface area contributed by atoms with Crippen LogP contribution in [0.2, 0.25) is 5.02 Å². The van der Waals surface area contributed by atoms with E-state index in [0.717, 1.165) is 0 Å². The number of nitro benzene ring substituents is 1. The first-order chi connectivity index (χ1) is 11.9. The van der Waals surface area contributed by atoms with E-state index in [1.54, 1.807) is 0 Å². The summed E-state index contributed by atoms with van der Waals surface area (Å²) < 4.78 is 5.22. The van der Waals surface area contributed by atoms with E-state index >= 15 is 0 Å². The molecule has 9 heteroatoms. The van der Waals surface area contributed by atoms with E-state index in [2.05, 4.69) is 5.32 Å². The third-order valence-corrected chi connectivity index (χ3v) is 3.80. The lowest BCUT2D eigenvalue weighted by atomic mass is 10.1. The third-order valence-electron chi connectivity index (χ3n) is 3.47. The molecule has 1 heterocycles. The molecular weight excluding hydrogens is 352 g/mol. The predicted octanol–water partition coefficient (Wildman–Crippen LogP) is 3.94. The summed E-state index contributed by atoms with van der Waals surface area (Å²) in [6, 6.07) is 7.75. The molecule has 3 aromatic rings. The molecule has 0 aliphatic rings. The molecule has 2 N–H and O–H groups in total. The van der Waals surface area contributed by atoms with Crippen LogP contribution in [0.25, 0.3) is 11.0 Å². The highest BCUT2D eigenvalue weighted by Crippen LogP contribution is 2.28. The van der Waals surface area contributed by atoms with Crippen molar-refractivity contribution in [2.24, 2.45) is 0 Å². The number of halogens is 1. The molecule has 2 aromatic carbocycles. The summed E-state index contributed by atoms with van der Waals surface area (Å²) >= 11 is 5.97. The first-order valence-electron chi connectivity index (χ1n) is 6.86. The summed E-state index contributed by atoms with van der Waals surface area (Å²) in [5.41, 5.74) is 0.240. The number of amides is 1. The number of fused-ring (bicyclic) bond motifs is 1. The van der Waals surface area contributed by atoms with Gasteiger partial charge in [0.2, 0.25) is 0 Å². The molecule has 8 nitrogen and oxygen atoms in total. The summed E-state index contributed by atoms with van der Waals surface area (Å²) in [4.78, 5) is 33.8. The number of nitrogens with one attached hydrogen (secondary N) is 1. The van der Waals surface area contributed by atoms with Crippen LogP contribution in [0.15, 0.2) is 47.1 Å². The monoisotopic (exact) mass is 360 g/mol. The number of nitro groups is 1. The van der Waals surface area contributed by atoms with Crippen molar-refractivity contribution in [2.45, 2.75) is 0 Å². The van der Waals surface area contributed by atoms with Gasteiger partial charge >= 0.3 is 5.97 Å². The van der Waals surface area contributed by atoms with E-state index in [4.69, 9.17) is 21.1 Å². The molecule has 3 rings (SSSR count). The van der Waals surface area contributed by atoms with Crippen LogP contribution in [-0.2, 0) is 0 Å². The SMILES string of the molecule is O=C(O)c1ccc(Cl)c(NC(=O)c2coc3ccc([N+](=O)[O-])cc23)c1. The zero-order valence-corrected chi connectivity index (χ0v) is 13.1. The molecule has 1 amide bonds. The number of carboxylic acids is 1. The highest BCUT2D eigenvalue weighted by Gasteiger charge is 2.18. The van der Waals surface area contributed by atoms with Crippen LogP contribution >= 0.6 is 11.6 Å². The molecule has 0 fully saturated rings. The van der Waals surface area contributed by atoms with E-state index in [9.17, 15) is 19.7 Å². The fraction of sp³-hybridized carbons (Fsp3) is 0. The number of anilines is 1. The summed E-state index contributed by atoms with van der Waals surface area (Å²) in [6.07, 6.45) is 1.17. The Hall–Kier alpha value is -3.39. The van der Waals surface area contributed by atoms with Crippen LogP contribution in [0.4, 0.5) is 11.4 Å². The maximum Gasteiger partial charge on any atom is 0.335 e. The lowest BCUT2D eigenvalue weighted by Crippen LogP contribution is -2.12. The van der Waals surface area contributed by atoms with E-state index in [1.165, 1.54) is 42.7 Å². The molecule has 126 valence electrons. The van der Waals surface area contributed by atoms with Crippen molar-refractivity contribution in [3.63, 3.8) is 0 Å². The molecule has 0 bridgehead atoms. The Morgan fingerprint density at radius 3 is 2.64 bits per heavy atom. The fourth-order valence-corrected chi connectivity index (χ4v) is 2.42. The van der Waals surface area contributed by atoms with Gasteiger partial charge in [0.1, 0.15) is 11.8 Å². The molecule has 0 atom stereocenters. The Bertz CT molecular complexity index is 1030. The molecule has 25 heavy (non-hydrogen) atoms. The smallest absolute Gasteiger partial charge is 0.335 e. The van der Waals surface area contributed by atoms with Crippen LogP contribution in [0, 0.1) is 10.1 Å². The number of non-ortho nitro benzene ring substituents is 1. The predicted molar refractivity (Wildman–Crippen MR) is 89.2 cm³/mol. The number of nitrogens with zero attached hydrogens (tertiary/aromatic N) is 1. The van der Waals surface area contributed by atoms with E-state index in [0.29, 0.717) is 5.58 Å². The minimum absolute atomic E-state index is 0.0487. The van der Waals surface area contributed by atoms with Gasteiger partial charge in [0, 0.05) is 17.5 Å². The Balaban J connectivity index is 1.98. The highest BCUT2D eigenvalue weighted by molar-refractivity contribution is 6.34. The Kier molecular flexibility index (Phi) is 4.12. The fourth-order valence-electron chi connectivity index (χ4n) is 2.25. The average Bonchev–Trinajstić information content (AvgIpc) is 2.99. The van der Waals surface area contributed by atoms with Crippen molar-refractivity contribution in [1.82, 2.24) is 0 Å². The van der Waals surface area contributed by atoms with Crippen molar-refractivity contribution >= 4 is 45.8 Å². The van der Waals surface area contributed by atoms with Gasteiger partial charge in [0.25, 0.3) is 11.6 Å². The number of carbonyl (C=O) groups excluding carboxylic acids is 1. The van der Waals surface area contributed by atoms with Crippen molar-refractivity contribution in [3.8, 4) is 0 Å². The number of carbonyl (C=O) groups is 2. The number of benzene rings is 2. The van der Waals surface area contributed by atoms with Gasteiger partial charge < -0.3 is 14.8 Å². The molecule has 0 aliphatic carbocycles. The van der Waals surface area contributed by atoms with Crippen LogP contribution < -0.4 is 5.32 Å². The van der Waals surface area contributed by atoms with E-state index < -0.39 is 16.8 Å². The number of aromatic carboxylic acids is 1. The van der Waals surface area contributed by atoms with Crippen LogP contribution in [0.5, 0.6) is 0 Å². The second-order valence-electron chi connectivity index (χ2n) is 5.04. The topological polar surface area (TPSA) is 123 Å². The number of hydrogen-bond donors (Lipinski definition) is 2. The van der Waals surface area contributed by atoms with E-state index in [-0.39, 0.29) is 32.9 Å². The van der Waals surface area contributed by atoms with Gasteiger partial charge in [0.05, 0.1) is 26.8 Å². The standard InChI is InChI=1S/C16H9ClN2O6/c17-12-3-1-8(16(21)22)5-13(12)18-15(20)11-7-25-14-4-2-9(19(23)24)6-10(11)14/h1-7H,(H,18,20)(H,21,22). The number of furan rings is 1. The molecule has 0 saturated carbocycles. The summed E-state index contributed by atoms with van der Waals surface area (Å²) in [5.74, 6) is -1.81. The van der Waals surface area contributed by atoms with Crippen LogP contribution in [-0.4, -0.2) is 21.9 Å². The zero-order chi connectivity index (χ0) is 18.1. The minimum atomic E-state index is -1.17. The second kappa shape index (κ2) is 6.25. The average molecular weight is 361 g/mol. The van der Waals surface area contributed by atoms with Crippen molar-refractivity contribution in [2.75, 3.05) is 5.32 Å². The highest BCUT2D eigenvalue weighted by atomic mass is 35.5.